The van der Waals surface area contributed by atoms with Crippen LogP contribution in [0.5, 0.6) is 0 Å². The van der Waals surface area contributed by atoms with E-state index in [1.165, 1.54) is 0 Å². The average molecular weight is 148 g/mol. The molecule has 2 atom stereocenters. The third-order valence-corrected chi connectivity index (χ3v) is 2.35. The summed E-state index contributed by atoms with van der Waals surface area (Å²) in [6.07, 6.45) is 0. The molecule has 60 valence electrons. The van der Waals surface area contributed by atoms with Crippen LogP contribution in [0.2, 0.25) is 0 Å². The molecule has 0 N–H and O–H groups in total. The van der Waals surface area contributed by atoms with Crippen LogP contribution in [-0.2, 0) is 0 Å². The number of rotatable bonds is 0. The SMILES string of the molecule is CC1C(C(C)(C)C)C1(F)F. The fraction of sp³-hybridized carbons (Fsp3) is 1.00. The first kappa shape index (κ1) is 7.96. The van der Waals surface area contributed by atoms with Gasteiger partial charge in [-0.05, 0) is 5.41 Å². The average Bonchev–Trinajstić information content (AvgIpc) is 2.03. The van der Waals surface area contributed by atoms with Crippen molar-refractivity contribution in [3.05, 3.63) is 0 Å². The maximum atomic E-state index is 12.7. The molecular weight excluding hydrogens is 134 g/mol. The Morgan fingerprint density at radius 2 is 1.50 bits per heavy atom. The Bertz CT molecular complexity index is 134. The molecule has 10 heavy (non-hydrogen) atoms. The van der Waals surface area contributed by atoms with Crippen molar-refractivity contribution in [2.45, 2.75) is 33.6 Å². The van der Waals surface area contributed by atoms with Crippen LogP contribution < -0.4 is 0 Å². The van der Waals surface area contributed by atoms with E-state index >= 15 is 0 Å². The van der Waals surface area contributed by atoms with Crippen LogP contribution >= 0.6 is 0 Å². The third kappa shape index (κ3) is 0.938. The monoisotopic (exact) mass is 148 g/mol. The minimum Gasteiger partial charge on any atom is -0.206 e. The van der Waals surface area contributed by atoms with Crippen molar-refractivity contribution < 1.29 is 8.78 Å². The fourth-order valence-electron chi connectivity index (χ4n) is 1.81. The molecule has 0 aromatic rings. The number of hydrogen-bond donors (Lipinski definition) is 0. The van der Waals surface area contributed by atoms with Gasteiger partial charge in [-0.15, -0.1) is 0 Å². The summed E-state index contributed by atoms with van der Waals surface area (Å²) in [6, 6.07) is 0. The van der Waals surface area contributed by atoms with Gasteiger partial charge < -0.3 is 0 Å². The molecule has 1 aliphatic carbocycles. The molecule has 0 saturated heterocycles. The van der Waals surface area contributed by atoms with E-state index in [0.29, 0.717) is 0 Å². The highest BCUT2D eigenvalue weighted by Crippen LogP contribution is 2.62. The van der Waals surface area contributed by atoms with Crippen LogP contribution in [0.15, 0.2) is 0 Å². The quantitative estimate of drug-likeness (QED) is 0.495. The second kappa shape index (κ2) is 1.72. The van der Waals surface area contributed by atoms with Crippen molar-refractivity contribution in [1.82, 2.24) is 0 Å². The minimum absolute atomic E-state index is 0.233. The molecule has 0 nitrogen and oxygen atoms in total. The lowest BCUT2D eigenvalue weighted by Crippen LogP contribution is -2.13. The van der Waals surface area contributed by atoms with Crippen LogP contribution in [-0.4, -0.2) is 5.92 Å². The summed E-state index contributed by atoms with van der Waals surface area (Å²) < 4.78 is 25.4. The second-order valence-electron chi connectivity index (χ2n) is 4.31. The van der Waals surface area contributed by atoms with E-state index in [-0.39, 0.29) is 5.41 Å². The van der Waals surface area contributed by atoms with Crippen LogP contribution in [0.3, 0.4) is 0 Å². The van der Waals surface area contributed by atoms with Crippen LogP contribution in [0.25, 0.3) is 0 Å². The van der Waals surface area contributed by atoms with Gasteiger partial charge in [-0.25, -0.2) is 8.78 Å². The zero-order valence-corrected chi connectivity index (χ0v) is 6.91. The Labute approximate surface area is 60.6 Å². The van der Waals surface area contributed by atoms with Gasteiger partial charge in [-0.2, -0.15) is 0 Å². The third-order valence-electron chi connectivity index (χ3n) is 2.35. The first-order chi connectivity index (χ1) is 4.28. The van der Waals surface area contributed by atoms with E-state index in [0.717, 1.165) is 0 Å². The standard InChI is InChI=1S/C8H14F2/c1-5-6(7(2,3)4)8(5,9)10/h5-6H,1-4H3. The van der Waals surface area contributed by atoms with Gasteiger partial charge in [0.1, 0.15) is 0 Å². The van der Waals surface area contributed by atoms with Crippen LogP contribution in [0.4, 0.5) is 8.78 Å². The molecule has 1 saturated carbocycles. The molecule has 0 aromatic heterocycles. The Morgan fingerprint density at radius 1 is 1.20 bits per heavy atom. The Morgan fingerprint density at radius 3 is 1.50 bits per heavy atom. The van der Waals surface area contributed by atoms with E-state index in [9.17, 15) is 8.78 Å². The van der Waals surface area contributed by atoms with E-state index in [1.54, 1.807) is 6.92 Å². The van der Waals surface area contributed by atoms with Crippen molar-refractivity contribution in [2.24, 2.45) is 17.3 Å². The number of halogens is 2. The molecule has 0 spiro atoms. The minimum atomic E-state index is -2.39. The molecule has 2 unspecified atom stereocenters. The van der Waals surface area contributed by atoms with Crippen molar-refractivity contribution in [1.29, 1.82) is 0 Å². The van der Waals surface area contributed by atoms with Gasteiger partial charge >= 0.3 is 0 Å². The highest BCUT2D eigenvalue weighted by Gasteiger charge is 2.69. The molecule has 0 amide bonds. The van der Waals surface area contributed by atoms with E-state index < -0.39 is 17.8 Å². The predicted molar refractivity (Wildman–Crippen MR) is 37.1 cm³/mol. The maximum Gasteiger partial charge on any atom is 0.254 e. The van der Waals surface area contributed by atoms with Crippen LogP contribution in [0, 0.1) is 17.3 Å². The van der Waals surface area contributed by atoms with Crippen molar-refractivity contribution in [3.63, 3.8) is 0 Å². The largest absolute Gasteiger partial charge is 0.254 e. The Kier molecular flexibility index (Phi) is 1.37. The molecule has 2 heteroatoms. The van der Waals surface area contributed by atoms with Crippen molar-refractivity contribution in [2.75, 3.05) is 0 Å². The number of hydrogen-bond acceptors (Lipinski definition) is 0. The summed E-state index contributed by atoms with van der Waals surface area (Å²) in [5.41, 5.74) is -0.233. The first-order valence-electron chi connectivity index (χ1n) is 3.65. The molecule has 1 aliphatic rings. The van der Waals surface area contributed by atoms with Crippen LogP contribution in [0.1, 0.15) is 27.7 Å². The van der Waals surface area contributed by atoms with Gasteiger partial charge in [0.15, 0.2) is 0 Å². The molecule has 0 aliphatic heterocycles. The fourth-order valence-corrected chi connectivity index (χ4v) is 1.81. The summed E-state index contributed by atoms with van der Waals surface area (Å²) in [7, 11) is 0. The van der Waals surface area contributed by atoms with Gasteiger partial charge in [0, 0.05) is 11.8 Å². The smallest absolute Gasteiger partial charge is 0.206 e. The second-order valence-corrected chi connectivity index (χ2v) is 4.31. The summed E-state index contributed by atoms with van der Waals surface area (Å²) in [5, 5.41) is 0. The highest BCUT2D eigenvalue weighted by molar-refractivity contribution is 5.07. The van der Waals surface area contributed by atoms with Gasteiger partial charge in [0.2, 0.25) is 0 Å². The van der Waals surface area contributed by atoms with E-state index in [2.05, 4.69) is 0 Å². The highest BCUT2D eigenvalue weighted by atomic mass is 19.3. The van der Waals surface area contributed by atoms with Gasteiger partial charge in [0.25, 0.3) is 5.92 Å². The zero-order chi connectivity index (χ0) is 8.15. The van der Waals surface area contributed by atoms with Crippen molar-refractivity contribution in [3.8, 4) is 0 Å². The van der Waals surface area contributed by atoms with E-state index in [1.807, 2.05) is 20.8 Å². The zero-order valence-electron chi connectivity index (χ0n) is 6.91. The van der Waals surface area contributed by atoms with Crippen molar-refractivity contribution >= 4 is 0 Å². The molecular formula is C8H14F2. The molecule has 0 heterocycles. The summed E-state index contributed by atoms with van der Waals surface area (Å²) >= 11 is 0. The summed E-state index contributed by atoms with van der Waals surface area (Å²) in [4.78, 5) is 0. The lowest BCUT2D eigenvalue weighted by atomic mass is 9.89. The normalized spacial score (nSPS) is 37.8. The molecule has 0 bridgehead atoms. The first-order valence-corrected chi connectivity index (χ1v) is 3.65. The predicted octanol–water partition coefficient (Wildman–Crippen LogP) is 2.93. The molecule has 1 fully saturated rings. The molecule has 0 aromatic carbocycles. The van der Waals surface area contributed by atoms with E-state index in [4.69, 9.17) is 0 Å². The maximum absolute atomic E-state index is 12.7. The van der Waals surface area contributed by atoms with Gasteiger partial charge in [-0.3, -0.25) is 0 Å². The molecule has 0 radical (unpaired) electrons. The lowest BCUT2D eigenvalue weighted by Gasteiger charge is -2.16. The van der Waals surface area contributed by atoms with Gasteiger partial charge in [0.05, 0.1) is 0 Å². The van der Waals surface area contributed by atoms with Gasteiger partial charge in [-0.1, -0.05) is 27.7 Å². The number of alkyl halides is 2. The lowest BCUT2D eigenvalue weighted by molar-refractivity contribution is 0.0645. The summed E-state index contributed by atoms with van der Waals surface area (Å²) in [6.45, 7) is 7.23. The molecule has 1 rings (SSSR count). The summed E-state index contributed by atoms with van der Waals surface area (Å²) in [5.74, 6) is -3.20. The Hall–Kier alpha value is -0.140. The Balaban J connectivity index is 2.66. The topological polar surface area (TPSA) is 0 Å².